The van der Waals surface area contributed by atoms with Crippen LogP contribution in [0.4, 0.5) is 5.13 Å². The summed E-state index contributed by atoms with van der Waals surface area (Å²) in [4.78, 5) is 23.1. The molecule has 2 heterocycles. The van der Waals surface area contributed by atoms with Crippen molar-refractivity contribution >= 4 is 45.4 Å². The Hall–Kier alpha value is -2.38. The fourth-order valence-electron chi connectivity index (χ4n) is 1.97. The molecule has 1 aliphatic heterocycles. The number of carbonyl (C=O) groups excluding carboxylic acids is 1. The normalized spacial score (nSPS) is 17.7. The quantitative estimate of drug-likeness (QED) is 0.601. The van der Waals surface area contributed by atoms with Crippen LogP contribution in [-0.4, -0.2) is 34.6 Å². The minimum atomic E-state index is -0.0673. The lowest BCUT2D eigenvalue weighted by molar-refractivity contribution is -0.121. The predicted octanol–water partition coefficient (Wildman–Crippen LogP) is 3.94. The number of nitrogens with zero attached hydrogens (tertiary/aromatic N) is 3. The monoisotopic (exact) mass is 357 g/mol. The van der Waals surface area contributed by atoms with E-state index in [9.17, 15) is 4.79 Å². The summed E-state index contributed by atoms with van der Waals surface area (Å²) in [5.74, 6) is 0.702. The van der Waals surface area contributed by atoms with Crippen LogP contribution in [0.15, 0.2) is 58.4 Å². The molecule has 0 spiro atoms. The fourth-order valence-corrected chi connectivity index (χ4v) is 3.50. The zero-order chi connectivity index (χ0) is 16.9. The van der Waals surface area contributed by atoms with Crippen LogP contribution < -0.4 is 4.74 Å². The van der Waals surface area contributed by atoms with Gasteiger partial charge in [0.1, 0.15) is 12.4 Å². The number of amides is 1. The van der Waals surface area contributed by atoms with Crippen molar-refractivity contribution in [3.8, 4) is 5.75 Å². The maximum Gasteiger partial charge on any atom is 0.266 e. The number of thiazole rings is 1. The third-order valence-electron chi connectivity index (χ3n) is 3.16. The van der Waals surface area contributed by atoms with Gasteiger partial charge in [0.2, 0.25) is 5.13 Å². The van der Waals surface area contributed by atoms with Gasteiger partial charge < -0.3 is 4.74 Å². The molecule has 1 amide bonds. The van der Waals surface area contributed by atoms with Gasteiger partial charge in [-0.15, -0.1) is 11.3 Å². The predicted molar refractivity (Wildman–Crippen MR) is 99.7 cm³/mol. The largest absolute Gasteiger partial charge is 0.490 e. The Labute approximate surface area is 148 Å². The van der Waals surface area contributed by atoms with E-state index in [4.69, 9.17) is 4.74 Å². The van der Waals surface area contributed by atoms with Gasteiger partial charge >= 0.3 is 0 Å². The molecule has 0 unspecified atom stereocenters. The number of hydrogen-bond donors (Lipinski definition) is 0. The van der Waals surface area contributed by atoms with Gasteiger partial charge in [-0.1, -0.05) is 24.8 Å². The second-order valence-electron chi connectivity index (χ2n) is 4.85. The molecular weight excluding hydrogens is 342 g/mol. The zero-order valence-corrected chi connectivity index (χ0v) is 14.6. The van der Waals surface area contributed by atoms with E-state index in [2.05, 4.69) is 16.6 Å². The molecule has 0 bridgehead atoms. The van der Waals surface area contributed by atoms with Crippen LogP contribution in [0, 0.1) is 0 Å². The van der Waals surface area contributed by atoms with Crippen LogP contribution in [0.25, 0.3) is 6.08 Å². The van der Waals surface area contributed by atoms with E-state index in [-0.39, 0.29) is 5.91 Å². The average molecular weight is 357 g/mol. The highest BCUT2D eigenvalue weighted by atomic mass is 32.2. The summed E-state index contributed by atoms with van der Waals surface area (Å²) in [6, 6.07) is 7.56. The minimum Gasteiger partial charge on any atom is -0.490 e. The first-order chi connectivity index (χ1) is 11.7. The summed E-state index contributed by atoms with van der Waals surface area (Å²) in [7, 11) is 1.72. The second-order valence-corrected chi connectivity index (χ2v) is 6.73. The first-order valence-electron chi connectivity index (χ1n) is 7.17. The number of likely N-dealkylation sites (N-methyl/N-ethyl adjacent to an activating group) is 1. The van der Waals surface area contributed by atoms with Crippen molar-refractivity contribution in [3.63, 3.8) is 0 Å². The number of benzene rings is 1. The molecule has 0 radical (unpaired) electrons. The Balaban J connectivity index is 1.78. The van der Waals surface area contributed by atoms with Crippen LogP contribution in [0.2, 0.25) is 0 Å². The number of rotatable bonds is 5. The van der Waals surface area contributed by atoms with Crippen LogP contribution in [0.3, 0.4) is 0 Å². The van der Waals surface area contributed by atoms with Crippen LogP contribution in [0.1, 0.15) is 5.56 Å². The average Bonchev–Trinajstić information content (AvgIpc) is 3.19. The molecule has 24 heavy (non-hydrogen) atoms. The minimum absolute atomic E-state index is 0.0673. The standard InChI is InChI=1S/C17H15N3O2S2/c1-3-9-22-13-6-4-12(5-7-13)11-14-15(21)20(2)17(24-14)19-16-18-8-10-23-16/h3-8,10-11H,1,9H2,2H3/b14-11-,19-17+. The van der Waals surface area contributed by atoms with E-state index in [1.807, 2.05) is 35.7 Å². The SMILES string of the molecule is C=CCOc1ccc(/C=C2\S/C(=N/c3nccs3)N(C)C2=O)cc1. The van der Waals surface area contributed by atoms with E-state index < -0.39 is 0 Å². The third-order valence-corrected chi connectivity index (χ3v) is 4.89. The topological polar surface area (TPSA) is 54.8 Å². The number of aromatic nitrogens is 1. The molecule has 0 atom stereocenters. The summed E-state index contributed by atoms with van der Waals surface area (Å²) in [6.07, 6.45) is 5.24. The van der Waals surface area contributed by atoms with Crippen molar-refractivity contribution in [2.45, 2.75) is 0 Å². The van der Waals surface area contributed by atoms with Gasteiger partial charge in [0.15, 0.2) is 5.17 Å². The van der Waals surface area contributed by atoms with E-state index in [1.54, 1.807) is 24.2 Å². The van der Waals surface area contributed by atoms with Crippen molar-refractivity contribution in [1.82, 2.24) is 9.88 Å². The van der Waals surface area contributed by atoms with E-state index >= 15 is 0 Å². The first-order valence-corrected chi connectivity index (χ1v) is 8.86. The third kappa shape index (κ3) is 3.74. The van der Waals surface area contributed by atoms with Gasteiger partial charge in [0, 0.05) is 18.6 Å². The lowest BCUT2D eigenvalue weighted by Gasteiger charge is -2.05. The smallest absolute Gasteiger partial charge is 0.266 e. The summed E-state index contributed by atoms with van der Waals surface area (Å²) in [5, 5.41) is 3.13. The highest BCUT2D eigenvalue weighted by Crippen LogP contribution is 2.33. The van der Waals surface area contributed by atoms with Gasteiger partial charge in [-0.05, 0) is 35.5 Å². The molecule has 0 saturated carbocycles. The Kier molecular flexibility index (Phi) is 5.12. The molecule has 2 aromatic rings. The van der Waals surface area contributed by atoms with Crippen LogP contribution >= 0.6 is 23.1 Å². The molecule has 3 rings (SSSR count). The summed E-state index contributed by atoms with van der Waals surface area (Å²) < 4.78 is 5.45. The Bertz CT molecular complexity index is 796. The zero-order valence-electron chi connectivity index (χ0n) is 13.0. The molecule has 1 saturated heterocycles. The molecular formula is C17H15N3O2S2. The van der Waals surface area contributed by atoms with Gasteiger partial charge in [0.05, 0.1) is 4.91 Å². The van der Waals surface area contributed by atoms with Gasteiger partial charge in [-0.2, -0.15) is 4.99 Å². The number of aliphatic imine (C=N–C) groups is 1. The van der Waals surface area contributed by atoms with Gasteiger partial charge in [-0.3, -0.25) is 9.69 Å². The van der Waals surface area contributed by atoms with Crippen molar-refractivity contribution in [2.75, 3.05) is 13.7 Å². The number of amidine groups is 1. The molecule has 1 fully saturated rings. The second kappa shape index (κ2) is 7.46. The summed E-state index contributed by atoms with van der Waals surface area (Å²) in [5.41, 5.74) is 0.931. The van der Waals surface area contributed by atoms with Crippen molar-refractivity contribution in [1.29, 1.82) is 0 Å². The van der Waals surface area contributed by atoms with Crippen molar-refractivity contribution < 1.29 is 9.53 Å². The molecule has 0 N–H and O–H groups in total. The first kappa shape index (κ1) is 16.5. The Morgan fingerprint density at radius 3 is 2.83 bits per heavy atom. The number of carbonyl (C=O) groups is 1. The molecule has 5 nitrogen and oxygen atoms in total. The van der Waals surface area contributed by atoms with Crippen LogP contribution in [0.5, 0.6) is 5.75 Å². The lowest BCUT2D eigenvalue weighted by atomic mass is 10.2. The highest BCUT2D eigenvalue weighted by Gasteiger charge is 2.30. The molecule has 7 heteroatoms. The fraction of sp³-hybridized carbons (Fsp3) is 0.118. The molecule has 0 aliphatic carbocycles. The van der Waals surface area contributed by atoms with Crippen molar-refractivity contribution in [3.05, 3.63) is 59.0 Å². The van der Waals surface area contributed by atoms with E-state index in [1.165, 1.54) is 23.1 Å². The van der Waals surface area contributed by atoms with Crippen molar-refractivity contribution in [2.24, 2.45) is 4.99 Å². The number of hydrogen-bond acceptors (Lipinski definition) is 6. The van der Waals surface area contributed by atoms with E-state index in [0.29, 0.717) is 21.8 Å². The maximum absolute atomic E-state index is 12.4. The summed E-state index contributed by atoms with van der Waals surface area (Å²) in [6.45, 7) is 4.08. The molecule has 122 valence electrons. The Morgan fingerprint density at radius 2 is 2.17 bits per heavy atom. The highest BCUT2D eigenvalue weighted by molar-refractivity contribution is 8.18. The van der Waals surface area contributed by atoms with Gasteiger partial charge in [-0.25, -0.2) is 4.98 Å². The summed E-state index contributed by atoms with van der Waals surface area (Å²) >= 11 is 2.78. The van der Waals surface area contributed by atoms with Gasteiger partial charge in [0.25, 0.3) is 5.91 Å². The lowest BCUT2D eigenvalue weighted by Crippen LogP contribution is -2.23. The van der Waals surface area contributed by atoms with Crippen LogP contribution in [-0.2, 0) is 4.79 Å². The molecule has 1 aromatic heterocycles. The number of thioether (sulfide) groups is 1. The number of ether oxygens (including phenoxy) is 1. The molecule has 1 aliphatic rings. The Morgan fingerprint density at radius 1 is 1.38 bits per heavy atom. The molecule has 1 aromatic carbocycles. The maximum atomic E-state index is 12.4. The van der Waals surface area contributed by atoms with E-state index in [0.717, 1.165) is 11.3 Å².